The Kier molecular flexibility index (Phi) is 12.2. The quantitative estimate of drug-likeness (QED) is 0.297. The van der Waals surface area contributed by atoms with Gasteiger partial charge in [0, 0.05) is 31.8 Å². The topological polar surface area (TPSA) is 158 Å². The molecule has 13 heteroatoms. The van der Waals surface area contributed by atoms with Crippen LogP contribution in [0.1, 0.15) is 43.9 Å². The third-order valence-electron chi connectivity index (χ3n) is 6.48. The molecule has 1 aliphatic carbocycles. The molecule has 0 heterocycles. The van der Waals surface area contributed by atoms with E-state index in [1.165, 1.54) is 26.0 Å². The molecule has 2 aromatic rings. The summed E-state index contributed by atoms with van der Waals surface area (Å²) >= 11 is 0.464. The van der Waals surface area contributed by atoms with E-state index in [0.29, 0.717) is 27.8 Å². The summed E-state index contributed by atoms with van der Waals surface area (Å²) in [6, 6.07) is 9.55. The van der Waals surface area contributed by atoms with Gasteiger partial charge in [-0.3, -0.25) is 24.0 Å². The molecule has 43 heavy (non-hydrogen) atoms. The van der Waals surface area contributed by atoms with Crippen LogP contribution in [0.4, 0.5) is 4.39 Å². The summed E-state index contributed by atoms with van der Waals surface area (Å²) in [6.45, 7) is 4.31. The van der Waals surface area contributed by atoms with Gasteiger partial charge in [-0.05, 0) is 94.0 Å². The Hall–Kier alpha value is -3.39. The van der Waals surface area contributed by atoms with Crippen molar-refractivity contribution >= 4 is 79.9 Å². The Bertz CT molecular complexity index is 1490. The first-order valence-electron chi connectivity index (χ1n) is 13.1. The van der Waals surface area contributed by atoms with Crippen molar-refractivity contribution in [3.8, 4) is 0 Å². The van der Waals surface area contributed by atoms with Crippen molar-refractivity contribution in [3.05, 3.63) is 70.5 Å². The molecular weight excluding hydrogens is 614 g/mol. The summed E-state index contributed by atoms with van der Waals surface area (Å²) in [7, 11) is 0. The van der Waals surface area contributed by atoms with Gasteiger partial charge >= 0.3 is 0 Å². The standard InChI is InChI=1S/C30H32FN3O6S3/c1-16-23(11-19-5-8-21(9-6-19)43(4)40)22-10-7-20(31)12-25(22)24(16)13-28(37)41-15-27(34-18(3)36)30(39)42-14-26(29(32)38)33-17(2)35/h5-12,26-27H,13-15H2,1-4H3,(H2,32,38)(H,33,35)(H,34,36)/b23-11-. The smallest absolute Gasteiger partial charge is 0.240 e. The third kappa shape index (κ3) is 9.55. The van der Waals surface area contributed by atoms with Crippen LogP contribution < -0.4 is 16.4 Å². The highest BCUT2D eigenvalue weighted by atomic mass is 32.2. The van der Waals surface area contributed by atoms with Gasteiger partial charge in [0.15, 0.2) is 10.0 Å². The molecule has 0 aliphatic heterocycles. The van der Waals surface area contributed by atoms with Gasteiger partial charge in [0.05, 0.1) is 0 Å². The minimum atomic E-state index is -1.11. The van der Waals surface area contributed by atoms with Gasteiger partial charge < -0.3 is 20.9 Å². The van der Waals surface area contributed by atoms with E-state index in [1.54, 1.807) is 24.5 Å². The van der Waals surface area contributed by atoms with Gasteiger partial charge in [-0.2, -0.15) is 0 Å². The molecule has 0 aromatic heterocycles. The van der Waals surface area contributed by atoms with Crippen molar-refractivity contribution in [3.63, 3.8) is 0 Å². The second-order valence-corrected chi connectivity index (χ2v) is 13.3. The van der Waals surface area contributed by atoms with Gasteiger partial charge in [-0.15, -0.1) is 0 Å². The number of hydrogen-bond donors (Lipinski definition) is 3. The molecule has 9 nitrogen and oxygen atoms in total. The Balaban J connectivity index is 1.76. The number of nitrogens with two attached hydrogens (primary N) is 1. The van der Waals surface area contributed by atoms with Crippen LogP contribution in [0.15, 0.2) is 52.9 Å². The van der Waals surface area contributed by atoms with E-state index >= 15 is 0 Å². The molecule has 3 unspecified atom stereocenters. The van der Waals surface area contributed by atoms with E-state index in [1.807, 2.05) is 25.1 Å². The Morgan fingerprint density at radius 3 is 2.14 bits per heavy atom. The molecule has 3 rings (SSSR count). The van der Waals surface area contributed by atoms with Gasteiger partial charge in [0.25, 0.3) is 0 Å². The van der Waals surface area contributed by atoms with Gasteiger partial charge in [-0.25, -0.2) is 4.39 Å². The van der Waals surface area contributed by atoms with Crippen molar-refractivity contribution in [2.45, 2.75) is 44.2 Å². The van der Waals surface area contributed by atoms with Gasteiger partial charge in [0.2, 0.25) is 22.8 Å². The van der Waals surface area contributed by atoms with Crippen LogP contribution in [0, 0.1) is 5.82 Å². The number of fused-ring (bicyclic) bond motifs is 1. The highest BCUT2D eigenvalue weighted by molar-refractivity contribution is 8.15. The summed E-state index contributed by atoms with van der Waals surface area (Å²) in [5.74, 6) is -2.42. The summed E-state index contributed by atoms with van der Waals surface area (Å²) in [4.78, 5) is 61.4. The Labute approximate surface area is 260 Å². The number of hydrogen-bond acceptors (Lipinski definition) is 8. The van der Waals surface area contributed by atoms with E-state index in [9.17, 15) is 32.9 Å². The Morgan fingerprint density at radius 2 is 1.56 bits per heavy atom. The minimum absolute atomic E-state index is 0.0432. The maximum atomic E-state index is 14.3. The second kappa shape index (κ2) is 15.4. The highest BCUT2D eigenvalue weighted by Gasteiger charge is 2.28. The number of carbonyl (C=O) groups is 5. The lowest BCUT2D eigenvalue weighted by Gasteiger charge is -2.18. The molecule has 228 valence electrons. The van der Waals surface area contributed by atoms with Crippen LogP contribution in [0.5, 0.6) is 0 Å². The summed E-state index contributed by atoms with van der Waals surface area (Å²) in [6.07, 6.45) is 3.49. The SMILES string of the molecule is CC(=O)NC(CSC(=O)C(CSC(=O)CC1=C(C)/C(=C/c2ccc([S+](C)[O-])cc2)c2ccc(F)cc21)NC(C)=O)C(N)=O. The van der Waals surface area contributed by atoms with Crippen LogP contribution in [-0.4, -0.2) is 62.4 Å². The molecule has 2 aromatic carbocycles. The number of halogens is 1. The maximum Gasteiger partial charge on any atom is 0.240 e. The molecule has 1 aliphatic rings. The summed E-state index contributed by atoms with van der Waals surface area (Å²) < 4.78 is 26.0. The first-order chi connectivity index (χ1) is 20.3. The molecule has 0 fully saturated rings. The van der Waals surface area contributed by atoms with E-state index in [-0.39, 0.29) is 23.0 Å². The van der Waals surface area contributed by atoms with E-state index in [2.05, 4.69) is 10.6 Å². The van der Waals surface area contributed by atoms with Crippen LogP contribution >= 0.6 is 23.5 Å². The lowest BCUT2D eigenvalue weighted by Crippen LogP contribution is -2.46. The molecule has 3 atom stereocenters. The van der Waals surface area contributed by atoms with Gasteiger partial charge in [0.1, 0.15) is 24.2 Å². The lowest BCUT2D eigenvalue weighted by atomic mass is 10.0. The fourth-order valence-electron chi connectivity index (χ4n) is 4.40. The number of rotatable bonds is 12. The number of primary amides is 1. The normalized spacial score (nSPS) is 15.4. The van der Waals surface area contributed by atoms with Gasteiger partial charge in [-0.1, -0.05) is 29.6 Å². The van der Waals surface area contributed by atoms with Crippen LogP contribution in [0.3, 0.4) is 0 Å². The van der Waals surface area contributed by atoms with Crippen molar-refractivity contribution in [2.75, 3.05) is 17.8 Å². The molecule has 0 saturated carbocycles. The highest BCUT2D eigenvalue weighted by Crippen LogP contribution is 2.44. The predicted molar refractivity (Wildman–Crippen MR) is 170 cm³/mol. The number of carbonyl (C=O) groups excluding carboxylic acids is 5. The zero-order valence-electron chi connectivity index (χ0n) is 24.0. The predicted octanol–water partition coefficient (Wildman–Crippen LogP) is 3.30. The molecular formula is C30H32FN3O6S3. The molecule has 4 N–H and O–H groups in total. The maximum absolute atomic E-state index is 14.3. The minimum Gasteiger partial charge on any atom is -0.612 e. The number of thioether (sulfide) groups is 2. The average Bonchev–Trinajstić information content (AvgIpc) is 3.17. The van der Waals surface area contributed by atoms with Crippen LogP contribution in [0.2, 0.25) is 0 Å². The van der Waals surface area contributed by atoms with Crippen molar-refractivity contribution in [1.82, 2.24) is 10.6 Å². The number of amides is 3. The zero-order valence-corrected chi connectivity index (χ0v) is 26.5. The number of allylic oxidation sites excluding steroid dienone is 3. The lowest BCUT2D eigenvalue weighted by molar-refractivity contribution is -0.125. The first-order valence-corrected chi connectivity index (χ1v) is 16.6. The van der Waals surface area contributed by atoms with E-state index in [4.69, 9.17) is 5.73 Å². The van der Waals surface area contributed by atoms with E-state index in [0.717, 1.165) is 34.0 Å². The molecule has 0 bridgehead atoms. The number of nitrogens with one attached hydrogen (secondary N) is 2. The molecule has 0 saturated heterocycles. The third-order valence-corrected chi connectivity index (χ3v) is 9.46. The zero-order chi connectivity index (χ0) is 31.8. The van der Waals surface area contributed by atoms with E-state index < -0.39 is 51.9 Å². The monoisotopic (exact) mass is 645 g/mol. The van der Waals surface area contributed by atoms with Crippen molar-refractivity contribution in [2.24, 2.45) is 5.73 Å². The van der Waals surface area contributed by atoms with Crippen LogP contribution in [-0.2, 0) is 35.1 Å². The molecule has 0 radical (unpaired) electrons. The van der Waals surface area contributed by atoms with Crippen molar-refractivity contribution in [1.29, 1.82) is 0 Å². The fraction of sp³-hybridized carbons (Fsp3) is 0.300. The van der Waals surface area contributed by atoms with Crippen molar-refractivity contribution < 1.29 is 32.9 Å². The largest absolute Gasteiger partial charge is 0.612 e. The molecule has 0 spiro atoms. The fourth-order valence-corrected chi connectivity index (χ4v) is 6.78. The average molecular weight is 646 g/mol. The van der Waals surface area contributed by atoms with Crippen LogP contribution in [0.25, 0.3) is 17.2 Å². The second-order valence-electron chi connectivity index (χ2n) is 9.77. The Morgan fingerprint density at radius 1 is 0.953 bits per heavy atom. The first kappa shape index (κ1) is 34.1. The summed E-state index contributed by atoms with van der Waals surface area (Å²) in [5, 5.41) is 4.10. The number of benzene rings is 2. The molecule has 3 amide bonds. The summed E-state index contributed by atoms with van der Waals surface area (Å²) in [5.41, 5.74) is 9.81.